The molecular formula is C4HF3N2O. The minimum atomic E-state index is -1.66. The Hall–Kier alpha value is -1.33. The summed E-state index contributed by atoms with van der Waals surface area (Å²) < 4.78 is 35.7. The van der Waals surface area contributed by atoms with Gasteiger partial charge >= 0.3 is 5.56 Å². The second-order valence-electron chi connectivity index (χ2n) is 1.46. The molecule has 6 heteroatoms. The summed E-state index contributed by atoms with van der Waals surface area (Å²) in [4.78, 5) is 13.7. The molecule has 1 rings (SSSR count). The number of rotatable bonds is 0. The number of aromatic nitrogens is 2. The first-order valence-corrected chi connectivity index (χ1v) is 2.22. The van der Waals surface area contributed by atoms with Crippen LogP contribution in [0.2, 0.25) is 0 Å². The van der Waals surface area contributed by atoms with Crippen molar-refractivity contribution in [3.63, 3.8) is 0 Å². The van der Waals surface area contributed by atoms with Crippen LogP contribution in [0.3, 0.4) is 0 Å². The first kappa shape index (κ1) is 6.79. The normalized spacial score (nSPS) is 9.90. The molecule has 1 aromatic rings. The zero-order valence-corrected chi connectivity index (χ0v) is 4.49. The fraction of sp³-hybridized carbons (Fsp3) is 0. The van der Waals surface area contributed by atoms with Gasteiger partial charge in [-0.05, 0) is 0 Å². The molecular weight excluding hydrogens is 149 g/mol. The van der Waals surface area contributed by atoms with Crippen molar-refractivity contribution < 1.29 is 13.2 Å². The Morgan fingerprint density at radius 1 is 1.20 bits per heavy atom. The van der Waals surface area contributed by atoms with E-state index in [0.29, 0.717) is 0 Å². The number of hydrogen-bond acceptors (Lipinski definition) is 2. The maximum atomic E-state index is 11.9. The number of hydrogen-bond donors (Lipinski definition) is 1. The molecule has 0 amide bonds. The number of aromatic amines is 1. The third kappa shape index (κ3) is 0.996. The van der Waals surface area contributed by atoms with Crippen LogP contribution < -0.4 is 5.56 Å². The van der Waals surface area contributed by atoms with Gasteiger partial charge in [0.15, 0.2) is 0 Å². The van der Waals surface area contributed by atoms with Crippen molar-refractivity contribution in [2.75, 3.05) is 0 Å². The van der Waals surface area contributed by atoms with E-state index in [-0.39, 0.29) is 0 Å². The van der Waals surface area contributed by atoms with Crippen LogP contribution in [0.4, 0.5) is 13.2 Å². The van der Waals surface area contributed by atoms with Crippen LogP contribution in [0.1, 0.15) is 0 Å². The first-order valence-electron chi connectivity index (χ1n) is 2.22. The minimum Gasteiger partial charge on any atom is -0.291 e. The van der Waals surface area contributed by atoms with Gasteiger partial charge < -0.3 is 0 Å². The molecule has 0 radical (unpaired) electrons. The summed E-state index contributed by atoms with van der Waals surface area (Å²) in [5.41, 5.74) is -1.38. The average molecular weight is 150 g/mol. The molecule has 1 N–H and O–H groups in total. The van der Waals surface area contributed by atoms with Gasteiger partial charge in [-0.25, -0.2) is 0 Å². The van der Waals surface area contributed by atoms with Gasteiger partial charge in [0.1, 0.15) is 0 Å². The summed E-state index contributed by atoms with van der Waals surface area (Å²) in [7, 11) is 0. The summed E-state index contributed by atoms with van der Waals surface area (Å²) >= 11 is 0. The van der Waals surface area contributed by atoms with E-state index in [2.05, 4.69) is 4.98 Å². The van der Waals surface area contributed by atoms with Crippen molar-refractivity contribution in [1.82, 2.24) is 9.97 Å². The van der Waals surface area contributed by atoms with Crippen molar-refractivity contribution >= 4 is 0 Å². The highest BCUT2D eigenvalue weighted by atomic mass is 19.2. The van der Waals surface area contributed by atoms with Crippen molar-refractivity contribution in [3.8, 4) is 0 Å². The van der Waals surface area contributed by atoms with Crippen molar-refractivity contribution in [2.45, 2.75) is 0 Å². The van der Waals surface area contributed by atoms with Crippen molar-refractivity contribution in [3.05, 3.63) is 28.2 Å². The quantitative estimate of drug-likeness (QED) is 0.573. The van der Waals surface area contributed by atoms with Gasteiger partial charge in [-0.15, -0.1) is 0 Å². The van der Waals surface area contributed by atoms with E-state index in [4.69, 9.17) is 0 Å². The summed E-state index contributed by atoms with van der Waals surface area (Å²) in [6.07, 6.45) is 0. The molecule has 1 aromatic heterocycles. The highest BCUT2D eigenvalue weighted by molar-refractivity contribution is 4.83. The molecule has 0 aliphatic rings. The molecule has 0 aliphatic carbocycles. The van der Waals surface area contributed by atoms with E-state index >= 15 is 0 Å². The Bertz CT molecular complexity index is 308. The maximum absolute atomic E-state index is 11.9. The summed E-state index contributed by atoms with van der Waals surface area (Å²) in [6.45, 7) is 0. The minimum absolute atomic E-state index is 1.27. The Morgan fingerprint density at radius 3 is 2.30 bits per heavy atom. The lowest BCUT2D eigenvalue weighted by Crippen LogP contribution is -2.16. The number of nitrogens with one attached hydrogen (secondary N) is 1. The summed E-state index contributed by atoms with van der Waals surface area (Å²) in [5.74, 6) is -4.80. The molecule has 0 aliphatic heterocycles. The smallest absolute Gasteiger partial charge is 0.291 e. The van der Waals surface area contributed by atoms with Crippen LogP contribution >= 0.6 is 0 Å². The SMILES string of the molecule is O=c1[nH]c(F)c(F)nc1F. The lowest BCUT2D eigenvalue weighted by molar-refractivity contribution is 0.414. The molecule has 0 saturated carbocycles. The van der Waals surface area contributed by atoms with Gasteiger partial charge in [0.05, 0.1) is 0 Å². The van der Waals surface area contributed by atoms with Crippen LogP contribution in [-0.2, 0) is 0 Å². The Morgan fingerprint density at radius 2 is 1.80 bits per heavy atom. The second-order valence-corrected chi connectivity index (χ2v) is 1.46. The molecule has 0 saturated heterocycles. The number of nitrogens with zero attached hydrogens (tertiary/aromatic N) is 1. The number of H-pyrrole nitrogens is 1. The third-order valence-electron chi connectivity index (χ3n) is 0.788. The topological polar surface area (TPSA) is 45.8 Å². The van der Waals surface area contributed by atoms with Gasteiger partial charge in [-0.3, -0.25) is 9.78 Å². The fourth-order valence-electron chi connectivity index (χ4n) is 0.389. The average Bonchev–Trinajstić information content (AvgIpc) is 1.84. The van der Waals surface area contributed by atoms with Crippen molar-refractivity contribution in [1.29, 1.82) is 0 Å². The van der Waals surface area contributed by atoms with Crippen molar-refractivity contribution in [2.24, 2.45) is 0 Å². The second kappa shape index (κ2) is 2.13. The van der Waals surface area contributed by atoms with Gasteiger partial charge in [0.25, 0.3) is 11.9 Å². The van der Waals surface area contributed by atoms with Gasteiger partial charge in [-0.1, -0.05) is 0 Å². The first-order chi connectivity index (χ1) is 4.61. The lowest BCUT2D eigenvalue weighted by atomic mass is 10.7. The van der Waals surface area contributed by atoms with Crippen LogP contribution in [0.15, 0.2) is 4.79 Å². The zero-order chi connectivity index (χ0) is 7.72. The van der Waals surface area contributed by atoms with E-state index in [1.807, 2.05) is 0 Å². The fourth-order valence-corrected chi connectivity index (χ4v) is 0.389. The highest BCUT2D eigenvalue weighted by Crippen LogP contribution is 1.93. The maximum Gasteiger partial charge on any atom is 0.305 e. The molecule has 54 valence electrons. The molecule has 0 aromatic carbocycles. The Balaban J connectivity index is 3.43. The van der Waals surface area contributed by atoms with Gasteiger partial charge in [-0.2, -0.15) is 18.2 Å². The van der Waals surface area contributed by atoms with Crippen LogP contribution in [0.25, 0.3) is 0 Å². The monoisotopic (exact) mass is 150 g/mol. The van der Waals surface area contributed by atoms with Crippen LogP contribution in [0.5, 0.6) is 0 Å². The molecule has 0 unspecified atom stereocenters. The highest BCUT2D eigenvalue weighted by Gasteiger charge is 2.07. The van der Waals surface area contributed by atoms with E-state index in [9.17, 15) is 18.0 Å². The summed E-state index contributed by atoms with van der Waals surface area (Å²) in [6, 6.07) is 0. The molecule has 0 spiro atoms. The van der Waals surface area contributed by atoms with E-state index in [1.165, 1.54) is 4.98 Å². The molecule has 1 heterocycles. The van der Waals surface area contributed by atoms with Gasteiger partial charge in [0.2, 0.25) is 5.95 Å². The lowest BCUT2D eigenvalue weighted by Gasteiger charge is -1.88. The van der Waals surface area contributed by atoms with Gasteiger partial charge in [0, 0.05) is 0 Å². The van der Waals surface area contributed by atoms with Crippen LogP contribution in [-0.4, -0.2) is 9.97 Å². The largest absolute Gasteiger partial charge is 0.305 e. The molecule has 0 bridgehead atoms. The Labute approximate surface area is 52.5 Å². The van der Waals surface area contributed by atoms with Crippen LogP contribution in [0, 0.1) is 17.8 Å². The molecule has 0 atom stereocenters. The molecule has 3 nitrogen and oxygen atoms in total. The van der Waals surface area contributed by atoms with E-state index in [0.717, 1.165) is 0 Å². The molecule has 10 heavy (non-hydrogen) atoms. The number of halogens is 3. The zero-order valence-electron chi connectivity index (χ0n) is 4.49. The predicted octanol–water partition coefficient (Wildman–Crippen LogP) is 0.187. The molecule has 0 fully saturated rings. The Kier molecular flexibility index (Phi) is 1.44. The summed E-state index contributed by atoms with van der Waals surface area (Å²) in [5, 5.41) is 0. The predicted molar refractivity (Wildman–Crippen MR) is 24.7 cm³/mol. The standard InChI is InChI=1S/C4HF3N2O/c5-1-2(6)9-4(10)3(7)8-1/h(H,9,10). The third-order valence-corrected chi connectivity index (χ3v) is 0.788. The van der Waals surface area contributed by atoms with E-state index < -0.39 is 23.4 Å². The van der Waals surface area contributed by atoms with E-state index in [1.54, 1.807) is 0 Å².